The Morgan fingerprint density at radius 3 is 2.42 bits per heavy atom. The Kier molecular flexibility index (Phi) is 6.42. The van der Waals surface area contributed by atoms with Crippen molar-refractivity contribution in [1.82, 2.24) is 9.62 Å². The van der Waals surface area contributed by atoms with Gasteiger partial charge in [-0.1, -0.05) is 12.1 Å². The summed E-state index contributed by atoms with van der Waals surface area (Å²) in [7, 11) is -2.05. The van der Waals surface area contributed by atoms with Crippen LogP contribution in [0.3, 0.4) is 0 Å². The molecule has 7 nitrogen and oxygen atoms in total. The lowest BCUT2D eigenvalue weighted by atomic mass is 9.88. The molecule has 0 bridgehead atoms. The van der Waals surface area contributed by atoms with Crippen molar-refractivity contribution in [3.63, 3.8) is 0 Å². The molecular weight excluding hydrogens is 440 g/mol. The third kappa shape index (κ3) is 5.01. The van der Waals surface area contributed by atoms with Gasteiger partial charge in [0.1, 0.15) is 17.1 Å². The van der Waals surface area contributed by atoms with Crippen LogP contribution in [0.15, 0.2) is 47.4 Å². The van der Waals surface area contributed by atoms with Gasteiger partial charge in [0.05, 0.1) is 18.0 Å². The minimum Gasteiger partial charge on any atom is -0.497 e. The average molecular weight is 473 g/mol. The van der Waals surface area contributed by atoms with Crippen molar-refractivity contribution in [2.24, 2.45) is 5.92 Å². The molecule has 2 aromatic rings. The van der Waals surface area contributed by atoms with E-state index in [1.54, 1.807) is 31.4 Å². The molecule has 2 heterocycles. The Hall–Kier alpha value is -2.58. The molecule has 1 amide bonds. The van der Waals surface area contributed by atoms with E-state index in [-0.39, 0.29) is 28.4 Å². The smallest absolute Gasteiger partial charge is 0.243 e. The van der Waals surface area contributed by atoms with Crippen LogP contribution in [0.4, 0.5) is 0 Å². The van der Waals surface area contributed by atoms with Crippen LogP contribution >= 0.6 is 0 Å². The first-order valence-corrected chi connectivity index (χ1v) is 12.8. The molecule has 0 unspecified atom stereocenters. The van der Waals surface area contributed by atoms with E-state index in [1.165, 1.54) is 4.31 Å². The van der Waals surface area contributed by atoms with E-state index in [0.717, 1.165) is 16.9 Å². The van der Waals surface area contributed by atoms with Crippen LogP contribution in [-0.4, -0.2) is 44.4 Å². The first kappa shape index (κ1) is 23.6. The van der Waals surface area contributed by atoms with Gasteiger partial charge in [0.15, 0.2) is 0 Å². The number of hydrogen-bond acceptors (Lipinski definition) is 5. The number of nitrogens with zero attached hydrogens (tertiary/aromatic N) is 1. The predicted octanol–water partition coefficient (Wildman–Crippen LogP) is 3.82. The quantitative estimate of drug-likeness (QED) is 0.715. The summed E-state index contributed by atoms with van der Waals surface area (Å²) in [6.07, 6.45) is 1.67. The number of aryl methyl sites for hydroxylation is 1. The van der Waals surface area contributed by atoms with E-state index in [9.17, 15) is 13.2 Å². The van der Waals surface area contributed by atoms with E-state index in [0.29, 0.717) is 38.1 Å². The van der Waals surface area contributed by atoms with Gasteiger partial charge in [0.25, 0.3) is 0 Å². The zero-order valence-corrected chi connectivity index (χ0v) is 20.4. The van der Waals surface area contributed by atoms with E-state index >= 15 is 0 Å². The molecule has 0 radical (unpaired) electrons. The van der Waals surface area contributed by atoms with Crippen LogP contribution in [0, 0.1) is 12.8 Å². The van der Waals surface area contributed by atoms with Crippen molar-refractivity contribution >= 4 is 15.9 Å². The Bertz CT molecular complexity index is 1120. The number of nitrogens with one attached hydrogen (secondary N) is 1. The van der Waals surface area contributed by atoms with Gasteiger partial charge < -0.3 is 14.8 Å². The SMILES string of the molecule is COc1ccc(S(=O)(=O)N2CCC(C(=O)N[C@H]3CC(C)(C)Oc4cc(C)ccc43)CC2)cc1. The number of methoxy groups -OCH3 is 1. The Balaban J connectivity index is 1.41. The van der Waals surface area contributed by atoms with Gasteiger partial charge in [0.2, 0.25) is 15.9 Å². The van der Waals surface area contributed by atoms with Crippen LogP contribution in [0.25, 0.3) is 0 Å². The minimum atomic E-state index is -3.59. The van der Waals surface area contributed by atoms with E-state index in [2.05, 4.69) is 5.32 Å². The standard InChI is InChI=1S/C25H32N2O5S/c1-17-5-10-21-22(16-25(2,3)32-23(21)15-17)26-24(28)18-11-13-27(14-12-18)33(29,30)20-8-6-19(31-4)7-9-20/h5-10,15,18,22H,11-14,16H2,1-4H3,(H,26,28)/t22-/m0/s1. The number of fused-ring (bicyclic) bond motifs is 1. The summed E-state index contributed by atoms with van der Waals surface area (Å²) in [6.45, 7) is 6.72. The second kappa shape index (κ2) is 8.99. The molecule has 0 aliphatic carbocycles. The summed E-state index contributed by atoms with van der Waals surface area (Å²) in [4.78, 5) is 13.4. The van der Waals surface area contributed by atoms with Gasteiger partial charge >= 0.3 is 0 Å². The van der Waals surface area contributed by atoms with Crippen molar-refractivity contribution in [2.45, 2.75) is 56.6 Å². The summed E-state index contributed by atoms with van der Waals surface area (Å²) < 4.78 is 38.7. The fourth-order valence-corrected chi connectivity index (χ4v) is 6.10. The van der Waals surface area contributed by atoms with Gasteiger partial charge in [0, 0.05) is 31.0 Å². The molecular formula is C25H32N2O5S. The van der Waals surface area contributed by atoms with Gasteiger partial charge in [-0.2, -0.15) is 4.31 Å². The van der Waals surface area contributed by atoms with Gasteiger partial charge in [-0.25, -0.2) is 8.42 Å². The third-order valence-corrected chi connectivity index (χ3v) is 8.38. The maximum Gasteiger partial charge on any atom is 0.243 e. The molecule has 2 aliphatic rings. The maximum atomic E-state index is 13.1. The zero-order valence-electron chi connectivity index (χ0n) is 19.6. The lowest BCUT2D eigenvalue weighted by Gasteiger charge is -2.39. The third-order valence-electron chi connectivity index (χ3n) is 6.46. The van der Waals surface area contributed by atoms with Crippen LogP contribution in [0.5, 0.6) is 11.5 Å². The molecule has 2 aliphatic heterocycles. The minimum absolute atomic E-state index is 0.0225. The van der Waals surface area contributed by atoms with E-state index in [1.807, 2.05) is 39.0 Å². The topological polar surface area (TPSA) is 84.9 Å². The van der Waals surface area contributed by atoms with Crippen molar-refractivity contribution in [3.8, 4) is 11.5 Å². The average Bonchev–Trinajstić information content (AvgIpc) is 2.78. The number of carbonyl (C=O) groups is 1. The van der Waals surface area contributed by atoms with Gasteiger partial charge in [-0.05, 0) is 69.5 Å². The van der Waals surface area contributed by atoms with Crippen molar-refractivity contribution in [1.29, 1.82) is 0 Å². The number of amides is 1. The summed E-state index contributed by atoms with van der Waals surface area (Å²) in [5.74, 6) is 1.19. The van der Waals surface area contributed by atoms with Crippen LogP contribution < -0.4 is 14.8 Å². The maximum absolute atomic E-state index is 13.1. The molecule has 4 rings (SSSR count). The fourth-order valence-electron chi connectivity index (χ4n) is 4.63. The number of sulfonamides is 1. The van der Waals surface area contributed by atoms with Gasteiger partial charge in [-0.3, -0.25) is 4.79 Å². The molecule has 0 spiro atoms. The van der Waals surface area contributed by atoms with Gasteiger partial charge in [-0.15, -0.1) is 0 Å². The van der Waals surface area contributed by atoms with E-state index in [4.69, 9.17) is 9.47 Å². The molecule has 2 aromatic carbocycles. The number of ether oxygens (including phenoxy) is 2. The second-order valence-corrected chi connectivity index (χ2v) is 11.5. The summed E-state index contributed by atoms with van der Waals surface area (Å²) in [6, 6.07) is 12.3. The number of benzene rings is 2. The highest BCUT2D eigenvalue weighted by Crippen LogP contribution is 2.40. The van der Waals surface area contributed by atoms with Crippen molar-refractivity contribution in [3.05, 3.63) is 53.6 Å². The molecule has 0 saturated carbocycles. The highest BCUT2D eigenvalue weighted by Gasteiger charge is 2.37. The normalized spacial score (nSPS) is 21.0. The second-order valence-electron chi connectivity index (χ2n) is 9.52. The summed E-state index contributed by atoms with van der Waals surface area (Å²) in [5, 5.41) is 3.22. The molecule has 1 N–H and O–H groups in total. The first-order chi connectivity index (χ1) is 15.6. The predicted molar refractivity (Wildman–Crippen MR) is 126 cm³/mol. The molecule has 178 valence electrons. The number of rotatable bonds is 5. The molecule has 1 saturated heterocycles. The Morgan fingerprint density at radius 1 is 1.12 bits per heavy atom. The Labute approximate surface area is 196 Å². The molecule has 0 aromatic heterocycles. The van der Waals surface area contributed by atoms with Crippen LogP contribution in [-0.2, 0) is 14.8 Å². The van der Waals surface area contributed by atoms with Crippen molar-refractivity contribution < 1.29 is 22.7 Å². The molecule has 1 fully saturated rings. The number of piperidine rings is 1. The monoisotopic (exact) mass is 472 g/mol. The number of carbonyl (C=O) groups excluding carboxylic acids is 1. The van der Waals surface area contributed by atoms with Crippen LogP contribution in [0.2, 0.25) is 0 Å². The lowest BCUT2D eigenvalue weighted by Crippen LogP contribution is -2.46. The van der Waals surface area contributed by atoms with E-state index < -0.39 is 10.0 Å². The highest BCUT2D eigenvalue weighted by molar-refractivity contribution is 7.89. The Morgan fingerprint density at radius 2 is 1.79 bits per heavy atom. The molecule has 33 heavy (non-hydrogen) atoms. The fraction of sp³-hybridized carbons (Fsp3) is 0.480. The summed E-state index contributed by atoms with van der Waals surface area (Å²) >= 11 is 0. The zero-order chi connectivity index (χ0) is 23.8. The molecule has 1 atom stereocenters. The number of hydrogen-bond donors (Lipinski definition) is 1. The van der Waals surface area contributed by atoms with Crippen LogP contribution in [0.1, 0.15) is 50.3 Å². The van der Waals surface area contributed by atoms with Crippen molar-refractivity contribution in [2.75, 3.05) is 20.2 Å². The lowest BCUT2D eigenvalue weighted by molar-refractivity contribution is -0.127. The first-order valence-electron chi connectivity index (χ1n) is 11.3. The largest absolute Gasteiger partial charge is 0.497 e. The highest BCUT2D eigenvalue weighted by atomic mass is 32.2. The molecule has 8 heteroatoms. The summed E-state index contributed by atoms with van der Waals surface area (Å²) in [5.41, 5.74) is 1.73.